The SMILES string of the molecule is CCOC(CN(C(=O)C(C)N(C(=O)C(CN)NC(=O)O)c1ccc(Cl)c(Cl)c1)C(C)C)OCC. The number of nitrogens with two attached hydrogens (primary N) is 1. The van der Waals surface area contributed by atoms with Gasteiger partial charge in [-0.2, -0.15) is 0 Å². The zero-order valence-electron chi connectivity index (χ0n) is 20.1. The van der Waals surface area contributed by atoms with E-state index < -0.39 is 36.3 Å². The maximum Gasteiger partial charge on any atom is 0.405 e. The van der Waals surface area contributed by atoms with Crippen LogP contribution in [-0.4, -0.2) is 78.6 Å². The molecule has 0 aliphatic rings. The summed E-state index contributed by atoms with van der Waals surface area (Å²) in [7, 11) is 0. The number of nitrogens with one attached hydrogen (secondary N) is 1. The molecule has 192 valence electrons. The van der Waals surface area contributed by atoms with Crippen LogP contribution in [0.25, 0.3) is 0 Å². The molecule has 12 heteroatoms. The fourth-order valence-electron chi connectivity index (χ4n) is 3.31. The molecule has 0 bridgehead atoms. The summed E-state index contributed by atoms with van der Waals surface area (Å²) in [6.07, 6.45) is -2.06. The van der Waals surface area contributed by atoms with Crippen LogP contribution >= 0.6 is 23.2 Å². The lowest BCUT2D eigenvalue weighted by molar-refractivity contribution is -0.162. The number of benzene rings is 1. The Morgan fingerprint density at radius 1 is 1.06 bits per heavy atom. The number of nitrogens with zero attached hydrogens (tertiary/aromatic N) is 2. The van der Waals surface area contributed by atoms with Gasteiger partial charge in [0.2, 0.25) is 5.91 Å². The summed E-state index contributed by atoms with van der Waals surface area (Å²) in [5.41, 5.74) is 5.92. The van der Waals surface area contributed by atoms with Gasteiger partial charge in [-0.25, -0.2) is 4.79 Å². The van der Waals surface area contributed by atoms with Gasteiger partial charge in [0.05, 0.1) is 16.6 Å². The fourth-order valence-corrected chi connectivity index (χ4v) is 3.60. The van der Waals surface area contributed by atoms with E-state index in [-0.39, 0.29) is 34.9 Å². The Bertz CT molecular complexity index is 836. The standard InChI is InChI=1S/C22H34Cl2N4O6/c1-6-33-19(34-7-2)12-27(13(3)4)20(29)14(5)28(15-8-9-16(23)17(24)10-15)21(30)18(11-25)26-22(31)32/h8-10,13-14,18-19,26H,6-7,11-12,25H2,1-5H3,(H,31,32). The normalized spacial score (nSPS) is 13.0. The zero-order valence-corrected chi connectivity index (χ0v) is 21.6. The maximum atomic E-state index is 13.6. The molecular weight excluding hydrogens is 487 g/mol. The number of carbonyl (C=O) groups excluding carboxylic acids is 2. The highest BCUT2D eigenvalue weighted by Crippen LogP contribution is 2.29. The van der Waals surface area contributed by atoms with E-state index in [1.165, 1.54) is 23.1 Å². The molecule has 1 aromatic rings. The molecule has 34 heavy (non-hydrogen) atoms. The van der Waals surface area contributed by atoms with Crippen LogP contribution in [0.1, 0.15) is 34.6 Å². The van der Waals surface area contributed by atoms with Gasteiger partial charge >= 0.3 is 6.09 Å². The molecule has 2 atom stereocenters. The minimum Gasteiger partial charge on any atom is -0.465 e. The van der Waals surface area contributed by atoms with Gasteiger partial charge in [0.25, 0.3) is 5.91 Å². The Balaban J connectivity index is 3.42. The number of anilines is 1. The second-order valence-corrected chi connectivity index (χ2v) is 8.46. The smallest absolute Gasteiger partial charge is 0.405 e. The first-order valence-corrected chi connectivity index (χ1v) is 11.7. The van der Waals surface area contributed by atoms with E-state index in [0.29, 0.717) is 13.2 Å². The molecule has 1 aromatic carbocycles. The Kier molecular flexibility index (Phi) is 12.6. The van der Waals surface area contributed by atoms with Crippen LogP contribution in [0.4, 0.5) is 10.5 Å². The van der Waals surface area contributed by atoms with Gasteiger partial charge < -0.3 is 30.5 Å². The predicted molar refractivity (Wildman–Crippen MR) is 131 cm³/mol. The Hall–Kier alpha value is -2.11. The van der Waals surface area contributed by atoms with Crippen LogP contribution in [0.15, 0.2) is 18.2 Å². The molecule has 0 aromatic heterocycles. The number of amides is 3. The average Bonchev–Trinajstić information content (AvgIpc) is 2.77. The summed E-state index contributed by atoms with van der Waals surface area (Å²) in [6, 6.07) is 1.87. The number of carbonyl (C=O) groups is 3. The van der Waals surface area contributed by atoms with Crippen LogP contribution in [0.2, 0.25) is 10.0 Å². The van der Waals surface area contributed by atoms with Crippen LogP contribution in [-0.2, 0) is 19.1 Å². The van der Waals surface area contributed by atoms with E-state index in [9.17, 15) is 14.4 Å². The summed E-state index contributed by atoms with van der Waals surface area (Å²) in [5, 5.41) is 11.6. The Morgan fingerprint density at radius 3 is 2.09 bits per heavy atom. The van der Waals surface area contributed by atoms with Gasteiger partial charge in [-0.1, -0.05) is 23.2 Å². The van der Waals surface area contributed by atoms with Gasteiger partial charge in [-0.3, -0.25) is 14.5 Å². The molecule has 0 saturated carbocycles. The van der Waals surface area contributed by atoms with Crippen LogP contribution in [0.5, 0.6) is 0 Å². The molecule has 0 radical (unpaired) electrons. The van der Waals surface area contributed by atoms with Gasteiger partial charge in [0.15, 0.2) is 6.29 Å². The van der Waals surface area contributed by atoms with Crippen molar-refractivity contribution in [2.24, 2.45) is 5.73 Å². The number of rotatable bonds is 13. The molecule has 0 spiro atoms. The monoisotopic (exact) mass is 520 g/mol. The maximum absolute atomic E-state index is 13.6. The molecule has 1 rings (SSSR count). The number of halogens is 2. The van der Waals surface area contributed by atoms with Gasteiger partial charge in [0.1, 0.15) is 12.1 Å². The van der Waals surface area contributed by atoms with Crippen molar-refractivity contribution in [3.05, 3.63) is 28.2 Å². The van der Waals surface area contributed by atoms with E-state index in [2.05, 4.69) is 5.32 Å². The summed E-state index contributed by atoms with van der Waals surface area (Å²) in [6.45, 7) is 9.48. The summed E-state index contributed by atoms with van der Waals surface area (Å²) < 4.78 is 11.2. The molecule has 0 saturated heterocycles. The van der Waals surface area contributed by atoms with E-state index in [1.807, 2.05) is 27.7 Å². The van der Waals surface area contributed by atoms with E-state index in [4.69, 9.17) is 43.5 Å². The third-order valence-corrected chi connectivity index (χ3v) is 5.69. The highest BCUT2D eigenvalue weighted by atomic mass is 35.5. The first-order chi connectivity index (χ1) is 16.0. The van der Waals surface area contributed by atoms with Gasteiger partial charge in [-0.15, -0.1) is 0 Å². The minimum absolute atomic E-state index is 0.139. The summed E-state index contributed by atoms with van der Waals surface area (Å²) in [5.74, 6) is -1.11. The molecule has 0 aliphatic heterocycles. The third-order valence-electron chi connectivity index (χ3n) is 4.95. The summed E-state index contributed by atoms with van der Waals surface area (Å²) in [4.78, 5) is 40.9. The Morgan fingerprint density at radius 2 is 1.65 bits per heavy atom. The molecule has 4 N–H and O–H groups in total. The quantitative estimate of drug-likeness (QED) is 0.340. The zero-order chi connectivity index (χ0) is 26.0. The third kappa shape index (κ3) is 8.28. The van der Waals surface area contributed by atoms with Crippen molar-refractivity contribution in [2.45, 2.75) is 59.0 Å². The van der Waals surface area contributed by atoms with Crippen LogP contribution < -0.4 is 16.0 Å². The highest BCUT2D eigenvalue weighted by molar-refractivity contribution is 6.42. The molecule has 0 aliphatic carbocycles. The largest absolute Gasteiger partial charge is 0.465 e. The first-order valence-electron chi connectivity index (χ1n) is 11.0. The van der Waals surface area contributed by atoms with E-state index >= 15 is 0 Å². The van der Waals surface area contributed by atoms with Gasteiger partial charge in [-0.05, 0) is 52.8 Å². The lowest BCUT2D eigenvalue weighted by Crippen LogP contribution is -2.59. The topological polar surface area (TPSA) is 134 Å². The van der Waals surface area contributed by atoms with Crippen molar-refractivity contribution in [1.82, 2.24) is 10.2 Å². The molecule has 3 amide bonds. The number of hydrogen-bond acceptors (Lipinski definition) is 6. The Labute approximate surface area is 210 Å². The average molecular weight is 521 g/mol. The van der Waals surface area contributed by atoms with Crippen molar-refractivity contribution >= 4 is 46.8 Å². The first kappa shape index (κ1) is 29.9. The molecule has 0 heterocycles. The highest BCUT2D eigenvalue weighted by Gasteiger charge is 2.36. The second-order valence-electron chi connectivity index (χ2n) is 7.64. The van der Waals surface area contributed by atoms with Crippen molar-refractivity contribution in [3.63, 3.8) is 0 Å². The van der Waals surface area contributed by atoms with Crippen molar-refractivity contribution in [2.75, 3.05) is 31.2 Å². The second kappa shape index (κ2) is 14.3. The van der Waals surface area contributed by atoms with Crippen molar-refractivity contribution in [1.29, 1.82) is 0 Å². The lowest BCUT2D eigenvalue weighted by atomic mass is 10.1. The molecule has 2 unspecified atom stereocenters. The predicted octanol–water partition coefficient (Wildman–Crippen LogP) is 2.95. The van der Waals surface area contributed by atoms with Gasteiger partial charge in [0, 0.05) is 31.5 Å². The minimum atomic E-state index is -1.42. The fraction of sp³-hybridized carbons (Fsp3) is 0.591. The number of ether oxygens (including phenoxy) is 2. The molecule has 0 fully saturated rings. The number of hydrogen-bond donors (Lipinski definition) is 3. The summed E-state index contributed by atoms with van der Waals surface area (Å²) >= 11 is 12.2. The van der Waals surface area contributed by atoms with E-state index in [1.54, 1.807) is 11.8 Å². The molecular formula is C22H34Cl2N4O6. The molecule has 10 nitrogen and oxygen atoms in total. The van der Waals surface area contributed by atoms with Crippen molar-refractivity contribution < 1.29 is 29.0 Å². The van der Waals surface area contributed by atoms with Crippen LogP contribution in [0.3, 0.4) is 0 Å². The van der Waals surface area contributed by atoms with Crippen molar-refractivity contribution in [3.8, 4) is 0 Å². The number of carboxylic acid groups (broad SMARTS) is 1. The van der Waals surface area contributed by atoms with E-state index in [0.717, 1.165) is 0 Å². The lowest BCUT2D eigenvalue weighted by Gasteiger charge is -2.37. The van der Waals surface area contributed by atoms with Crippen LogP contribution in [0, 0.1) is 0 Å².